The second-order valence-electron chi connectivity index (χ2n) is 1.56. The van der Waals surface area contributed by atoms with E-state index in [2.05, 4.69) is 9.47 Å². The third-order valence-corrected chi connectivity index (χ3v) is 0.822. The van der Waals surface area contributed by atoms with E-state index in [9.17, 15) is 9.59 Å². The van der Waals surface area contributed by atoms with Crippen LogP contribution in [0.4, 0.5) is 0 Å². The molecule has 14 heavy (non-hydrogen) atoms. The van der Waals surface area contributed by atoms with Gasteiger partial charge >= 0.3 is 11.9 Å². The maximum atomic E-state index is 10.5. The molecule has 0 aliphatic heterocycles. The van der Waals surface area contributed by atoms with Crippen molar-refractivity contribution in [3.05, 3.63) is 0 Å². The molecule has 0 bridgehead atoms. The molecular formula is C10H26O4. The maximum absolute atomic E-state index is 10.5. The quantitative estimate of drug-likeness (QED) is 0.531. The van der Waals surface area contributed by atoms with Gasteiger partial charge in [-0.1, -0.05) is 29.7 Å². The Balaban J connectivity index is -0.0000000675. The van der Waals surface area contributed by atoms with Gasteiger partial charge in [-0.15, -0.1) is 0 Å². The summed E-state index contributed by atoms with van der Waals surface area (Å²) >= 11 is 0. The Morgan fingerprint density at radius 3 is 1.71 bits per heavy atom. The monoisotopic (exact) mass is 210 g/mol. The molecule has 0 aromatic heterocycles. The molecule has 0 radical (unpaired) electrons. The van der Waals surface area contributed by atoms with Gasteiger partial charge in [0.25, 0.3) is 0 Å². The smallest absolute Gasteiger partial charge is 0.317 e. The van der Waals surface area contributed by atoms with Crippen molar-refractivity contribution in [2.24, 2.45) is 0 Å². The summed E-state index contributed by atoms with van der Waals surface area (Å²) in [4.78, 5) is 20.9. The minimum atomic E-state index is -0.571. The van der Waals surface area contributed by atoms with Crippen molar-refractivity contribution in [1.82, 2.24) is 0 Å². The molecule has 0 unspecified atom stereocenters. The van der Waals surface area contributed by atoms with Crippen molar-refractivity contribution < 1.29 is 19.1 Å². The van der Waals surface area contributed by atoms with Crippen LogP contribution in [-0.4, -0.2) is 25.7 Å². The second kappa shape index (κ2) is 17.9. The standard InChI is InChI=1S/C6H10O4.4CH4/c1-3-10-6(8)4-5(7)9-2;;;;/h3-4H2,1-2H3;4*1H4. The van der Waals surface area contributed by atoms with Gasteiger partial charge in [-0.3, -0.25) is 9.59 Å². The first-order chi connectivity index (χ1) is 4.70. The van der Waals surface area contributed by atoms with Gasteiger partial charge in [-0.2, -0.15) is 0 Å². The summed E-state index contributed by atoms with van der Waals surface area (Å²) in [5.41, 5.74) is 0. The molecule has 4 heteroatoms. The molecule has 0 amide bonds. The first-order valence-electron chi connectivity index (χ1n) is 2.93. The van der Waals surface area contributed by atoms with Crippen molar-refractivity contribution in [2.45, 2.75) is 43.1 Å². The van der Waals surface area contributed by atoms with Crippen LogP contribution in [0.15, 0.2) is 0 Å². The second-order valence-corrected chi connectivity index (χ2v) is 1.56. The summed E-state index contributed by atoms with van der Waals surface area (Å²) in [7, 11) is 1.22. The normalized spacial score (nSPS) is 6.14. The van der Waals surface area contributed by atoms with Crippen LogP contribution in [0.5, 0.6) is 0 Å². The Hall–Kier alpha value is -1.06. The minimum absolute atomic E-state index is 0. The molecule has 0 saturated heterocycles. The Bertz CT molecular complexity index is 132. The fraction of sp³-hybridized carbons (Fsp3) is 0.800. The molecule has 0 heterocycles. The highest BCUT2D eigenvalue weighted by molar-refractivity contribution is 5.91. The third kappa shape index (κ3) is 17.1. The van der Waals surface area contributed by atoms with E-state index in [1.54, 1.807) is 6.92 Å². The van der Waals surface area contributed by atoms with Crippen molar-refractivity contribution in [3.63, 3.8) is 0 Å². The largest absolute Gasteiger partial charge is 0.469 e. The lowest BCUT2D eigenvalue weighted by Crippen LogP contribution is -2.11. The lowest BCUT2D eigenvalue weighted by atomic mass is 10.4. The zero-order valence-electron chi connectivity index (χ0n) is 6.05. The van der Waals surface area contributed by atoms with E-state index < -0.39 is 11.9 Å². The average Bonchev–Trinajstić information content (AvgIpc) is 1.88. The predicted octanol–water partition coefficient (Wildman–Crippen LogP) is 2.66. The van der Waals surface area contributed by atoms with E-state index >= 15 is 0 Å². The lowest BCUT2D eigenvalue weighted by molar-refractivity contribution is -0.152. The summed E-state index contributed by atoms with van der Waals surface area (Å²) in [6.45, 7) is 1.96. The zero-order chi connectivity index (χ0) is 7.98. The van der Waals surface area contributed by atoms with Gasteiger partial charge in [0.05, 0.1) is 13.7 Å². The van der Waals surface area contributed by atoms with Gasteiger partial charge in [0.2, 0.25) is 0 Å². The predicted molar refractivity (Wildman–Crippen MR) is 60.2 cm³/mol. The number of hydrogen-bond acceptors (Lipinski definition) is 4. The van der Waals surface area contributed by atoms with Gasteiger partial charge in [0.1, 0.15) is 6.42 Å². The minimum Gasteiger partial charge on any atom is -0.469 e. The molecule has 0 aliphatic rings. The summed E-state index contributed by atoms with van der Waals surface area (Å²) in [5.74, 6) is -1.12. The molecule has 0 aromatic rings. The van der Waals surface area contributed by atoms with E-state index in [4.69, 9.17) is 0 Å². The highest BCUT2D eigenvalue weighted by Gasteiger charge is 2.08. The van der Waals surface area contributed by atoms with Crippen molar-refractivity contribution >= 4 is 11.9 Å². The van der Waals surface area contributed by atoms with Crippen molar-refractivity contribution in [3.8, 4) is 0 Å². The molecule has 0 aliphatic carbocycles. The van der Waals surface area contributed by atoms with Gasteiger partial charge in [-0.05, 0) is 6.92 Å². The first-order valence-corrected chi connectivity index (χ1v) is 2.93. The van der Waals surface area contributed by atoms with Crippen LogP contribution in [0.25, 0.3) is 0 Å². The summed E-state index contributed by atoms with van der Waals surface area (Å²) in [5, 5.41) is 0. The van der Waals surface area contributed by atoms with Crippen LogP contribution in [0.2, 0.25) is 0 Å². The fourth-order valence-electron chi connectivity index (χ4n) is 0.402. The molecule has 4 nitrogen and oxygen atoms in total. The zero-order valence-corrected chi connectivity index (χ0v) is 6.05. The van der Waals surface area contributed by atoms with Crippen LogP contribution >= 0.6 is 0 Å². The number of esters is 2. The Labute approximate surface area is 88.6 Å². The van der Waals surface area contributed by atoms with Crippen molar-refractivity contribution in [1.29, 1.82) is 0 Å². The Kier molecular flexibility index (Phi) is 37.4. The number of hydrogen-bond donors (Lipinski definition) is 0. The van der Waals surface area contributed by atoms with E-state index in [0.29, 0.717) is 0 Å². The summed E-state index contributed by atoms with van der Waals surface area (Å²) in [6, 6.07) is 0. The summed E-state index contributed by atoms with van der Waals surface area (Å²) in [6.07, 6.45) is -0.301. The van der Waals surface area contributed by atoms with Crippen LogP contribution in [0, 0.1) is 0 Å². The number of carbonyl (C=O) groups excluding carboxylic acids is 2. The Morgan fingerprint density at radius 1 is 1.00 bits per heavy atom. The van der Waals surface area contributed by atoms with Gasteiger partial charge in [0.15, 0.2) is 0 Å². The van der Waals surface area contributed by atoms with Gasteiger partial charge in [0, 0.05) is 0 Å². The molecule has 0 fully saturated rings. The van der Waals surface area contributed by atoms with Crippen LogP contribution in [0.1, 0.15) is 43.1 Å². The lowest BCUT2D eigenvalue weighted by Gasteiger charge is -1.98. The first kappa shape index (κ1) is 29.3. The highest BCUT2D eigenvalue weighted by Crippen LogP contribution is 1.87. The molecule has 0 atom stereocenters. The number of ether oxygens (including phenoxy) is 2. The molecule has 90 valence electrons. The van der Waals surface area contributed by atoms with E-state index in [1.165, 1.54) is 7.11 Å². The van der Waals surface area contributed by atoms with E-state index in [-0.39, 0.29) is 42.7 Å². The van der Waals surface area contributed by atoms with Crippen LogP contribution in [0.3, 0.4) is 0 Å². The number of rotatable bonds is 3. The maximum Gasteiger partial charge on any atom is 0.317 e. The van der Waals surface area contributed by atoms with Gasteiger partial charge < -0.3 is 9.47 Å². The third-order valence-electron chi connectivity index (χ3n) is 0.822. The molecule has 0 rings (SSSR count). The Morgan fingerprint density at radius 2 is 1.43 bits per heavy atom. The number of carbonyl (C=O) groups is 2. The topological polar surface area (TPSA) is 52.6 Å². The number of methoxy groups -OCH3 is 1. The molecular weight excluding hydrogens is 184 g/mol. The molecule has 0 aromatic carbocycles. The summed E-state index contributed by atoms with van der Waals surface area (Å²) < 4.78 is 8.70. The van der Waals surface area contributed by atoms with E-state index in [1.807, 2.05) is 0 Å². The molecule has 0 saturated carbocycles. The fourth-order valence-corrected chi connectivity index (χ4v) is 0.402. The SMILES string of the molecule is C.C.C.C.CCOC(=O)CC(=O)OC. The average molecular weight is 210 g/mol. The molecule has 0 N–H and O–H groups in total. The highest BCUT2D eigenvalue weighted by atomic mass is 16.5. The van der Waals surface area contributed by atoms with Crippen LogP contribution < -0.4 is 0 Å². The van der Waals surface area contributed by atoms with Crippen molar-refractivity contribution in [2.75, 3.05) is 13.7 Å². The molecule has 0 spiro atoms. The van der Waals surface area contributed by atoms with Gasteiger partial charge in [-0.25, -0.2) is 0 Å². The van der Waals surface area contributed by atoms with Crippen LogP contribution in [-0.2, 0) is 19.1 Å². The van der Waals surface area contributed by atoms with E-state index in [0.717, 1.165) is 0 Å².